The average molecular weight is 264 g/mol. The molecule has 2 unspecified atom stereocenters. The van der Waals surface area contributed by atoms with Crippen molar-refractivity contribution in [2.75, 3.05) is 13.1 Å². The highest BCUT2D eigenvalue weighted by molar-refractivity contribution is 5.24. The highest BCUT2D eigenvalue weighted by atomic mass is 19.1. The summed E-state index contributed by atoms with van der Waals surface area (Å²) in [6, 6.07) is 6.04. The third-order valence-electron chi connectivity index (χ3n) is 4.40. The molecule has 19 heavy (non-hydrogen) atoms. The summed E-state index contributed by atoms with van der Waals surface area (Å²) in [6.45, 7) is 6.73. The Kier molecular flexibility index (Phi) is 4.94. The van der Waals surface area contributed by atoms with E-state index in [-0.39, 0.29) is 5.82 Å². The topological polar surface area (TPSA) is 29.3 Å². The molecule has 1 aliphatic carbocycles. The van der Waals surface area contributed by atoms with Crippen LogP contribution in [-0.2, 0) is 6.54 Å². The van der Waals surface area contributed by atoms with Gasteiger partial charge in [0.15, 0.2) is 0 Å². The lowest BCUT2D eigenvalue weighted by Gasteiger charge is -2.32. The predicted octanol–water partition coefficient (Wildman–Crippen LogP) is 3.08. The highest BCUT2D eigenvalue weighted by Crippen LogP contribution is 2.30. The lowest BCUT2D eigenvalue weighted by atomic mass is 10.0. The molecule has 106 valence electrons. The van der Waals surface area contributed by atoms with E-state index in [1.165, 1.54) is 24.8 Å². The van der Waals surface area contributed by atoms with E-state index in [0.29, 0.717) is 12.0 Å². The van der Waals surface area contributed by atoms with Gasteiger partial charge in [0.1, 0.15) is 5.82 Å². The second-order valence-corrected chi connectivity index (χ2v) is 5.64. The van der Waals surface area contributed by atoms with E-state index in [1.807, 2.05) is 19.1 Å². The molecule has 1 aromatic carbocycles. The molecule has 0 aliphatic heterocycles. The molecule has 1 fully saturated rings. The fraction of sp³-hybridized carbons (Fsp3) is 0.625. The lowest BCUT2D eigenvalue weighted by molar-refractivity contribution is 0.162. The summed E-state index contributed by atoms with van der Waals surface area (Å²) in [5.74, 6) is 0.508. The predicted molar refractivity (Wildman–Crippen MR) is 77.4 cm³/mol. The summed E-state index contributed by atoms with van der Waals surface area (Å²) in [5.41, 5.74) is 7.81. The van der Waals surface area contributed by atoms with E-state index in [0.717, 1.165) is 25.2 Å². The first-order valence-corrected chi connectivity index (χ1v) is 7.34. The van der Waals surface area contributed by atoms with Crippen LogP contribution in [0.15, 0.2) is 18.2 Å². The van der Waals surface area contributed by atoms with Crippen LogP contribution < -0.4 is 5.73 Å². The van der Waals surface area contributed by atoms with E-state index in [2.05, 4.69) is 11.8 Å². The first-order chi connectivity index (χ1) is 9.15. The number of hydrogen-bond donors (Lipinski definition) is 1. The molecular weight excluding hydrogens is 239 g/mol. The maximum Gasteiger partial charge on any atom is 0.126 e. The summed E-state index contributed by atoms with van der Waals surface area (Å²) < 4.78 is 13.3. The molecule has 2 rings (SSSR count). The smallest absolute Gasteiger partial charge is 0.126 e. The van der Waals surface area contributed by atoms with Gasteiger partial charge in [-0.05, 0) is 56.0 Å². The molecule has 0 aromatic heterocycles. The molecule has 0 heterocycles. The third kappa shape index (κ3) is 3.34. The Labute approximate surface area is 115 Å². The summed E-state index contributed by atoms with van der Waals surface area (Å²) in [4.78, 5) is 2.50. The number of rotatable bonds is 5. The Bertz CT molecular complexity index is 419. The minimum absolute atomic E-state index is 0.118. The van der Waals surface area contributed by atoms with Crippen LogP contribution in [-0.4, -0.2) is 24.0 Å². The molecular formula is C16H25FN2. The van der Waals surface area contributed by atoms with Crippen molar-refractivity contribution >= 4 is 0 Å². The van der Waals surface area contributed by atoms with Gasteiger partial charge in [-0.25, -0.2) is 4.39 Å². The third-order valence-corrected chi connectivity index (χ3v) is 4.40. The van der Waals surface area contributed by atoms with Crippen molar-refractivity contribution in [3.8, 4) is 0 Å². The minimum Gasteiger partial charge on any atom is -0.330 e. The molecule has 0 saturated heterocycles. The van der Waals surface area contributed by atoms with Gasteiger partial charge in [0, 0.05) is 12.6 Å². The number of halogens is 1. The molecule has 1 aliphatic rings. The zero-order valence-corrected chi connectivity index (χ0v) is 12.0. The largest absolute Gasteiger partial charge is 0.330 e. The van der Waals surface area contributed by atoms with E-state index < -0.39 is 0 Å². The quantitative estimate of drug-likeness (QED) is 0.885. The van der Waals surface area contributed by atoms with Crippen LogP contribution in [0.1, 0.15) is 37.3 Å². The maximum atomic E-state index is 13.3. The molecule has 0 bridgehead atoms. The standard InChI is InChI=1S/C16H25FN2/c1-3-19(16-6-4-5-14(16)10-18)11-13-7-8-15(17)12(2)9-13/h7-9,14,16H,3-6,10-11,18H2,1-2H3. The van der Waals surface area contributed by atoms with Crippen LogP contribution >= 0.6 is 0 Å². The van der Waals surface area contributed by atoms with Crippen molar-refractivity contribution in [2.45, 2.75) is 45.7 Å². The summed E-state index contributed by atoms with van der Waals surface area (Å²) in [6.07, 6.45) is 3.78. The van der Waals surface area contributed by atoms with Crippen molar-refractivity contribution in [1.82, 2.24) is 4.90 Å². The van der Waals surface area contributed by atoms with E-state index in [9.17, 15) is 4.39 Å². The van der Waals surface area contributed by atoms with E-state index >= 15 is 0 Å². The van der Waals surface area contributed by atoms with Crippen LogP contribution in [0.25, 0.3) is 0 Å². The Morgan fingerprint density at radius 2 is 2.16 bits per heavy atom. The van der Waals surface area contributed by atoms with Crippen molar-refractivity contribution in [2.24, 2.45) is 11.7 Å². The molecule has 3 heteroatoms. The molecule has 2 N–H and O–H groups in total. The zero-order chi connectivity index (χ0) is 13.8. The fourth-order valence-electron chi connectivity index (χ4n) is 3.28. The summed E-state index contributed by atoms with van der Waals surface area (Å²) >= 11 is 0. The molecule has 2 atom stereocenters. The van der Waals surface area contributed by atoms with Gasteiger partial charge >= 0.3 is 0 Å². The van der Waals surface area contributed by atoms with E-state index in [4.69, 9.17) is 5.73 Å². The van der Waals surface area contributed by atoms with Gasteiger partial charge in [-0.15, -0.1) is 0 Å². The average Bonchev–Trinajstić information content (AvgIpc) is 2.88. The second-order valence-electron chi connectivity index (χ2n) is 5.64. The highest BCUT2D eigenvalue weighted by Gasteiger charge is 2.30. The van der Waals surface area contributed by atoms with Gasteiger partial charge in [-0.3, -0.25) is 4.90 Å². The van der Waals surface area contributed by atoms with Crippen LogP contribution in [0.3, 0.4) is 0 Å². The minimum atomic E-state index is -0.118. The molecule has 1 aromatic rings. The lowest BCUT2D eigenvalue weighted by Crippen LogP contribution is -2.39. The number of aryl methyl sites for hydroxylation is 1. The maximum absolute atomic E-state index is 13.3. The zero-order valence-electron chi connectivity index (χ0n) is 12.0. The van der Waals surface area contributed by atoms with Gasteiger partial charge in [0.25, 0.3) is 0 Å². The van der Waals surface area contributed by atoms with Crippen molar-refractivity contribution in [3.05, 3.63) is 35.1 Å². The van der Waals surface area contributed by atoms with Gasteiger partial charge in [0.2, 0.25) is 0 Å². The Balaban J connectivity index is 2.08. The monoisotopic (exact) mass is 264 g/mol. The Hall–Kier alpha value is -0.930. The number of nitrogens with two attached hydrogens (primary N) is 1. The van der Waals surface area contributed by atoms with Gasteiger partial charge in [-0.1, -0.05) is 25.5 Å². The molecule has 0 radical (unpaired) electrons. The number of nitrogens with zero attached hydrogens (tertiary/aromatic N) is 1. The van der Waals surface area contributed by atoms with Gasteiger partial charge in [0.05, 0.1) is 0 Å². The number of benzene rings is 1. The summed E-state index contributed by atoms with van der Waals surface area (Å²) in [5, 5.41) is 0. The van der Waals surface area contributed by atoms with Crippen LogP contribution in [0, 0.1) is 18.7 Å². The first kappa shape index (κ1) is 14.5. The molecule has 2 nitrogen and oxygen atoms in total. The van der Waals surface area contributed by atoms with Crippen LogP contribution in [0.4, 0.5) is 4.39 Å². The van der Waals surface area contributed by atoms with Crippen molar-refractivity contribution in [1.29, 1.82) is 0 Å². The van der Waals surface area contributed by atoms with Gasteiger partial charge < -0.3 is 5.73 Å². The van der Waals surface area contributed by atoms with E-state index in [1.54, 1.807) is 6.07 Å². The normalized spacial score (nSPS) is 23.2. The first-order valence-electron chi connectivity index (χ1n) is 7.34. The second kappa shape index (κ2) is 6.49. The van der Waals surface area contributed by atoms with Crippen molar-refractivity contribution in [3.63, 3.8) is 0 Å². The Morgan fingerprint density at radius 3 is 2.79 bits per heavy atom. The molecule has 0 spiro atoms. The number of hydrogen-bond acceptors (Lipinski definition) is 2. The Morgan fingerprint density at radius 1 is 1.37 bits per heavy atom. The van der Waals surface area contributed by atoms with Crippen molar-refractivity contribution < 1.29 is 4.39 Å². The molecule has 1 saturated carbocycles. The summed E-state index contributed by atoms with van der Waals surface area (Å²) in [7, 11) is 0. The SMILES string of the molecule is CCN(Cc1ccc(F)c(C)c1)C1CCCC1CN. The van der Waals surface area contributed by atoms with Crippen LogP contribution in [0.2, 0.25) is 0 Å². The van der Waals surface area contributed by atoms with Gasteiger partial charge in [-0.2, -0.15) is 0 Å². The van der Waals surface area contributed by atoms with Crippen LogP contribution in [0.5, 0.6) is 0 Å². The molecule has 0 amide bonds. The fourth-order valence-corrected chi connectivity index (χ4v) is 3.28.